The van der Waals surface area contributed by atoms with Crippen molar-refractivity contribution in [3.05, 3.63) is 58.8 Å². The Labute approximate surface area is 187 Å². The van der Waals surface area contributed by atoms with Gasteiger partial charge in [-0.3, -0.25) is 0 Å². The molecule has 4 rings (SSSR count). The Balaban J connectivity index is 1.64. The van der Waals surface area contributed by atoms with Gasteiger partial charge in [0.25, 0.3) is 0 Å². The minimum absolute atomic E-state index is 0.360. The van der Waals surface area contributed by atoms with Crippen molar-refractivity contribution in [3.8, 4) is 23.0 Å². The lowest BCUT2D eigenvalue weighted by Gasteiger charge is -2.11. The van der Waals surface area contributed by atoms with Crippen molar-refractivity contribution in [2.75, 3.05) is 20.0 Å². The normalized spacial score (nSPS) is 11.0. The molecule has 0 aromatic heterocycles. The lowest BCUT2D eigenvalue weighted by molar-refractivity contribution is 0.394. The van der Waals surface area contributed by atoms with Gasteiger partial charge in [-0.25, -0.2) is 15.0 Å². The second kappa shape index (κ2) is 8.93. The van der Waals surface area contributed by atoms with Crippen molar-refractivity contribution in [2.45, 2.75) is 23.0 Å². The second-order valence-electron chi connectivity index (χ2n) is 6.46. The Hall–Kier alpha value is -2.78. The molecule has 2 N–H and O–H groups in total. The molecule has 0 saturated carbocycles. The molecule has 2 aromatic carbocycles. The molecule has 0 aliphatic carbocycles. The lowest BCUT2D eigenvalue weighted by Crippen LogP contribution is -2.10. The van der Waals surface area contributed by atoms with Crippen LogP contribution in [-0.2, 0) is 13.0 Å². The molecule has 2 heterocycles. The van der Waals surface area contributed by atoms with Crippen molar-refractivity contribution < 1.29 is 9.47 Å². The number of anilines is 1. The number of rotatable bonds is 7. The van der Waals surface area contributed by atoms with Crippen LogP contribution in [0.25, 0.3) is 11.5 Å². The van der Waals surface area contributed by atoms with E-state index < -0.39 is 0 Å². The van der Waals surface area contributed by atoms with Crippen LogP contribution in [0.3, 0.4) is 0 Å². The molecule has 0 amide bonds. The first-order valence-electron chi connectivity index (χ1n) is 9.20. The largest absolute Gasteiger partial charge is 0.497 e. The second-order valence-corrected chi connectivity index (χ2v) is 8.33. The van der Waals surface area contributed by atoms with Gasteiger partial charge in [0.2, 0.25) is 0 Å². The summed E-state index contributed by atoms with van der Waals surface area (Å²) < 4.78 is 13.8. The molecule has 0 radical (unpaired) electrons. The highest BCUT2D eigenvalue weighted by Gasteiger charge is 2.20. The van der Waals surface area contributed by atoms with E-state index in [2.05, 4.69) is 32.0 Å². The van der Waals surface area contributed by atoms with E-state index in [0.717, 1.165) is 27.3 Å². The average molecular weight is 486 g/mol. The number of halogens is 1. The number of methoxy groups -OCH3 is 2. The third kappa shape index (κ3) is 4.22. The molecule has 0 saturated heterocycles. The van der Waals surface area contributed by atoms with Crippen LogP contribution in [0.15, 0.2) is 63.3 Å². The van der Waals surface area contributed by atoms with Gasteiger partial charge < -0.3 is 19.8 Å². The van der Waals surface area contributed by atoms with Crippen LogP contribution in [0.5, 0.6) is 11.5 Å². The number of nitrogen functional groups attached to an aromatic ring is 1. The highest BCUT2D eigenvalue weighted by atomic mass is 79.9. The highest BCUT2D eigenvalue weighted by Crippen LogP contribution is 2.38. The monoisotopic (exact) mass is 485 g/mol. The molecule has 2 aliphatic rings. The smallest absolute Gasteiger partial charge is 0.195 e. The van der Waals surface area contributed by atoms with Crippen molar-refractivity contribution in [1.29, 1.82) is 0 Å². The molecular formula is C21H20BrN5O2S. The number of aryl methyl sites for hydroxylation is 2. The minimum Gasteiger partial charge on any atom is -0.497 e. The van der Waals surface area contributed by atoms with E-state index in [0.29, 0.717) is 29.0 Å². The summed E-state index contributed by atoms with van der Waals surface area (Å²) in [5.74, 6) is 2.53. The van der Waals surface area contributed by atoms with Crippen molar-refractivity contribution in [1.82, 2.24) is 19.5 Å². The van der Waals surface area contributed by atoms with E-state index in [4.69, 9.17) is 20.2 Å². The fourth-order valence-corrected chi connectivity index (χ4v) is 4.42. The van der Waals surface area contributed by atoms with Gasteiger partial charge in [-0.1, -0.05) is 34.1 Å². The van der Waals surface area contributed by atoms with Crippen molar-refractivity contribution in [3.63, 3.8) is 0 Å². The number of fused-ring (bicyclic) bond motifs is 1. The number of benzene rings is 2. The van der Waals surface area contributed by atoms with Crippen molar-refractivity contribution in [2.24, 2.45) is 0 Å². The molecule has 0 fully saturated rings. The quantitative estimate of drug-likeness (QED) is 0.411. The summed E-state index contributed by atoms with van der Waals surface area (Å²) >= 11 is 5.00. The van der Waals surface area contributed by atoms with Crippen LogP contribution in [0.1, 0.15) is 5.56 Å². The Bertz CT molecular complexity index is 1150. The van der Waals surface area contributed by atoms with Gasteiger partial charge in [-0.2, -0.15) is 0 Å². The maximum absolute atomic E-state index is 6.08. The van der Waals surface area contributed by atoms with Crippen LogP contribution in [-0.4, -0.2) is 33.7 Å². The maximum Gasteiger partial charge on any atom is 0.195 e. The summed E-state index contributed by atoms with van der Waals surface area (Å²) in [7, 11) is 3.26. The summed E-state index contributed by atoms with van der Waals surface area (Å²) in [4.78, 5) is 14.5. The fourth-order valence-electron chi connectivity index (χ4n) is 3.05. The number of hydrogen-bond acceptors (Lipinski definition) is 7. The molecule has 0 atom stereocenters. The van der Waals surface area contributed by atoms with E-state index >= 15 is 0 Å². The Morgan fingerprint density at radius 3 is 2.70 bits per heavy atom. The van der Waals surface area contributed by atoms with Gasteiger partial charge in [-0.05, 0) is 48.0 Å². The van der Waals surface area contributed by atoms with Crippen LogP contribution in [0.2, 0.25) is 0 Å². The predicted molar refractivity (Wildman–Crippen MR) is 120 cm³/mol. The molecule has 9 heteroatoms. The van der Waals surface area contributed by atoms with E-state index in [1.165, 1.54) is 17.3 Å². The first-order chi connectivity index (χ1) is 14.6. The highest BCUT2D eigenvalue weighted by molar-refractivity contribution is 9.10. The van der Waals surface area contributed by atoms with Crippen LogP contribution in [0.4, 0.5) is 5.82 Å². The van der Waals surface area contributed by atoms with Crippen LogP contribution in [0, 0.1) is 0 Å². The predicted octanol–water partition coefficient (Wildman–Crippen LogP) is 4.53. The van der Waals surface area contributed by atoms with Gasteiger partial charge in [0.1, 0.15) is 11.5 Å². The number of imidazole rings is 1. The average Bonchev–Trinajstić information content (AvgIpc) is 3.19. The Morgan fingerprint density at radius 1 is 1.10 bits per heavy atom. The molecule has 2 aliphatic heterocycles. The zero-order valence-corrected chi connectivity index (χ0v) is 18.9. The minimum atomic E-state index is 0.360. The molecule has 7 nitrogen and oxygen atoms in total. The SMILES string of the molecule is COc1ccc(OC)c(Sc2nc3c(N)ncn(CCc4ccccc4Br)c-3n2)c1. The van der Waals surface area contributed by atoms with E-state index in [-0.39, 0.29) is 0 Å². The number of aromatic nitrogens is 4. The van der Waals surface area contributed by atoms with Gasteiger partial charge >= 0.3 is 0 Å². The zero-order chi connectivity index (χ0) is 21.1. The molecule has 30 heavy (non-hydrogen) atoms. The third-order valence-electron chi connectivity index (χ3n) is 4.62. The van der Waals surface area contributed by atoms with Gasteiger partial charge in [0, 0.05) is 11.0 Å². The molecule has 2 aromatic rings. The summed E-state index contributed by atoms with van der Waals surface area (Å²) in [6.07, 6.45) is 2.54. The first-order valence-corrected chi connectivity index (χ1v) is 10.8. The molecule has 0 bridgehead atoms. The third-order valence-corrected chi connectivity index (χ3v) is 6.30. The topological polar surface area (TPSA) is 88.1 Å². The number of nitrogens with two attached hydrogens (primary N) is 1. The van der Waals surface area contributed by atoms with Gasteiger partial charge in [-0.15, -0.1) is 0 Å². The number of hydrogen-bond donors (Lipinski definition) is 1. The standard InChI is InChI=1S/C21H20BrN5O2S/c1-28-14-7-8-16(29-2)17(11-14)30-21-25-18-19(23)24-12-27(20(18)26-21)10-9-13-5-3-4-6-15(13)22/h3-8,11-12H,9-10,23H2,1-2H3. The van der Waals surface area contributed by atoms with Crippen LogP contribution < -0.4 is 15.2 Å². The fraction of sp³-hybridized carbons (Fsp3) is 0.190. The Kier molecular flexibility index (Phi) is 6.10. The molecule has 154 valence electrons. The summed E-state index contributed by atoms with van der Waals surface area (Å²) in [6.45, 7) is 0.706. The number of nitrogens with zero attached hydrogens (tertiary/aromatic N) is 4. The Morgan fingerprint density at radius 2 is 1.93 bits per heavy atom. The first kappa shape index (κ1) is 20.5. The van der Waals surface area contributed by atoms with E-state index in [1.54, 1.807) is 20.5 Å². The van der Waals surface area contributed by atoms with Gasteiger partial charge in [0.05, 0.1) is 25.4 Å². The van der Waals surface area contributed by atoms with Crippen LogP contribution >= 0.6 is 27.7 Å². The molecular weight excluding hydrogens is 466 g/mol. The summed E-state index contributed by atoms with van der Waals surface area (Å²) in [5, 5.41) is 0.575. The lowest BCUT2D eigenvalue weighted by atomic mass is 10.1. The van der Waals surface area contributed by atoms with E-state index in [1.807, 2.05) is 41.0 Å². The zero-order valence-electron chi connectivity index (χ0n) is 16.5. The molecule has 0 unspecified atom stereocenters. The summed E-state index contributed by atoms with van der Waals surface area (Å²) in [5.41, 5.74) is 7.88. The maximum atomic E-state index is 6.08. The number of ether oxygens (including phenoxy) is 2. The van der Waals surface area contributed by atoms with Gasteiger partial charge in [0.15, 0.2) is 22.5 Å². The summed E-state index contributed by atoms with van der Waals surface area (Å²) in [6, 6.07) is 13.8. The van der Waals surface area contributed by atoms with E-state index in [9.17, 15) is 0 Å². The van der Waals surface area contributed by atoms with Crippen molar-refractivity contribution >= 4 is 33.5 Å². The molecule has 0 spiro atoms.